The maximum atomic E-state index is 12.6. The molecular weight excluding hydrogens is 330 g/mol. The van der Waals surface area contributed by atoms with Gasteiger partial charge in [0.05, 0.1) is 12.1 Å². The second kappa shape index (κ2) is 6.78. The van der Waals surface area contributed by atoms with Gasteiger partial charge >= 0.3 is 0 Å². The third-order valence-electron chi connectivity index (χ3n) is 5.15. The molecule has 0 spiro atoms. The van der Waals surface area contributed by atoms with E-state index in [4.69, 9.17) is 0 Å². The van der Waals surface area contributed by atoms with Gasteiger partial charge in [-0.25, -0.2) is 4.98 Å². The van der Waals surface area contributed by atoms with Gasteiger partial charge in [-0.15, -0.1) is 10.2 Å². The van der Waals surface area contributed by atoms with Crippen LogP contribution >= 0.6 is 0 Å². The molecule has 0 saturated carbocycles. The van der Waals surface area contributed by atoms with Crippen molar-refractivity contribution in [1.29, 1.82) is 0 Å². The molecule has 1 aliphatic heterocycles. The molecule has 0 radical (unpaired) electrons. The van der Waals surface area contributed by atoms with E-state index < -0.39 is 0 Å². The normalized spacial score (nSPS) is 17.6. The van der Waals surface area contributed by atoms with Gasteiger partial charge in [-0.2, -0.15) is 0 Å². The maximum Gasteiger partial charge on any atom is 0.255 e. The summed E-state index contributed by atoms with van der Waals surface area (Å²) >= 11 is 0. The van der Waals surface area contributed by atoms with Gasteiger partial charge in [0, 0.05) is 50.8 Å². The zero-order chi connectivity index (χ0) is 18.1. The number of nitrogens with one attached hydrogen (secondary N) is 1. The van der Waals surface area contributed by atoms with Crippen molar-refractivity contribution in [3.8, 4) is 0 Å². The van der Waals surface area contributed by atoms with E-state index in [9.17, 15) is 4.79 Å². The van der Waals surface area contributed by atoms with E-state index >= 15 is 0 Å². The summed E-state index contributed by atoms with van der Waals surface area (Å²) in [6, 6.07) is 1.82. The summed E-state index contributed by atoms with van der Waals surface area (Å²) in [4.78, 5) is 21.8. The van der Waals surface area contributed by atoms with Crippen LogP contribution in [0.5, 0.6) is 0 Å². The Morgan fingerprint density at radius 1 is 1.38 bits per heavy atom. The van der Waals surface area contributed by atoms with E-state index in [1.165, 1.54) is 0 Å². The van der Waals surface area contributed by atoms with Crippen molar-refractivity contribution in [2.45, 2.75) is 32.2 Å². The number of H-pyrrole nitrogens is 1. The number of hydrogen-bond donors (Lipinski definition) is 1. The number of piperidine rings is 1. The molecule has 0 bridgehead atoms. The SMILES string of the molecule is Cc1nccn1Cc1nnc(C2CCCN(C(=O)c3cc[nH]c3)C2)n1C. The molecule has 136 valence electrons. The molecule has 26 heavy (non-hydrogen) atoms. The van der Waals surface area contributed by atoms with E-state index in [1.54, 1.807) is 18.6 Å². The highest BCUT2D eigenvalue weighted by molar-refractivity contribution is 5.94. The molecule has 3 aromatic heterocycles. The van der Waals surface area contributed by atoms with Gasteiger partial charge in [0.2, 0.25) is 0 Å². The van der Waals surface area contributed by atoms with E-state index in [1.807, 2.05) is 31.1 Å². The monoisotopic (exact) mass is 353 g/mol. The van der Waals surface area contributed by atoms with Crippen LogP contribution in [0.4, 0.5) is 0 Å². The van der Waals surface area contributed by atoms with Crippen LogP contribution in [-0.4, -0.2) is 53.2 Å². The lowest BCUT2D eigenvalue weighted by atomic mass is 9.96. The van der Waals surface area contributed by atoms with Gasteiger partial charge < -0.3 is 19.0 Å². The highest BCUT2D eigenvalue weighted by Gasteiger charge is 2.29. The minimum atomic E-state index is 0.0763. The Hall–Kier alpha value is -2.90. The van der Waals surface area contributed by atoms with Gasteiger partial charge in [-0.05, 0) is 25.8 Å². The summed E-state index contributed by atoms with van der Waals surface area (Å²) in [7, 11) is 2.00. The number of aromatic amines is 1. The molecule has 4 rings (SSSR count). The van der Waals surface area contributed by atoms with Crippen LogP contribution < -0.4 is 0 Å². The number of amides is 1. The highest BCUT2D eigenvalue weighted by Crippen LogP contribution is 2.27. The predicted molar refractivity (Wildman–Crippen MR) is 95.7 cm³/mol. The number of carbonyl (C=O) groups is 1. The zero-order valence-corrected chi connectivity index (χ0v) is 15.1. The number of aromatic nitrogens is 6. The first-order valence-corrected chi connectivity index (χ1v) is 8.91. The minimum Gasteiger partial charge on any atom is -0.367 e. The van der Waals surface area contributed by atoms with Gasteiger partial charge in [0.1, 0.15) is 11.6 Å². The molecule has 1 atom stereocenters. The number of nitrogens with zero attached hydrogens (tertiary/aromatic N) is 6. The molecule has 1 unspecified atom stereocenters. The molecule has 8 nitrogen and oxygen atoms in total. The molecule has 1 N–H and O–H groups in total. The fraction of sp³-hybridized carbons (Fsp3) is 0.444. The first-order valence-electron chi connectivity index (χ1n) is 8.91. The van der Waals surface area contributed by atoms with E-state index in [-0.39, 0.29) is 11.8 Å². The van der Waals surface area contributed by atoms with Crippen LogP contribution in [0, 0.1) is 6.92 Å². The number of rotatable bonds is 4. The summed E-state index contributed by atoms with van der Waals surface area (Å²) in [5, 5.41) is 8.82. The molecular formula is C18H23N7O. The van der Waals surface area contributed by atoms with Crippen LogP contribution in [0.2, 0.25) is 0 Å². The van der Waals surface area contributed by atoms with Crippen molar-refractivity contribution in [3.63, 3.8) is 0 Å². The Kier molecular flexibility index (Phi) is 4.32. The molecule has 8 heteroatoms. The number of hydrogen-bond acceptors (Lipinski definition) is 4. The van der Waals surface area contributed by atoms with Gasteiger partial charge in [0.25, 0.3) is 5.91 Å². The predicted octanol–water partition coefficient (Wildman–Crippen LogP) is 1.72. The minimum absolute atomic E-state index is 0.0763. The smallest absolute Gasteiger partial charge is 0.255 e. The highest BCUT2D eigenvalue weighted by atomic mass is 16.2. The first-order chi connectivity index (χ1) is 12.6. The lowest BCUT2D eigenvalue weighted by Gasteiger charge is -2.32. The quantitative estimate of drug-likeness (QED) is 0.774. The lowest BCUT2D eigenvalue weighted by molar-refractivity contribution is 0.0703. The fourth-order valence-corrected chi connectivity index (χ4v) is 3.60. The number of carbonyl (C=O) groups excluding carboxylic acids is 1. The Balaban J connectivity index is 1.50. The number of likely N-dealkylation sites (tertiary alicyclic amines) is 1. The van der Waals surface area contributed by atoms with Gasteiger partial charge in [-0.3, -0.25) is 4.79 Å². The van der Waals surface area contributed by atoms with Crippen molar-refractivity contribution in [2.24, 2.45) is 7.05 Å². The van der Waals surface area contributed by atoms with Crippen LogP contribution in [0.1, 0.15) is 46.6 Å². The van der Waals surface area contributed by atoms with Gasteiger partial charge in [0.15, 0.2) is 5.82 Å². The Labute approximate surface area is 151 Å². The van der Waals surface area contributed by atoms with E-state index in [0.29, 0.717) is 18.7 Å². The van der Waals surface area contributed by atoms with Crippen molar-refractivity contribution in [3.05, 3.63) is 53.9 Å². The summed E-state index contributed by atoms with van der Waals surface area (Å²) in [6.45, 7) is 4.09. The lowest BCUT2D eigenvalue weighted by Crippen LogP contribution is -2.39. The molecule has 1 amide bonds. The molecule has 0 aliphatic carbocycles. The molecule has 1 fully saturated rings. The molecule has 1 saturated heterocycles. The van der Waals surface area contributed by atoms with E-state index in [2.05, 4.69) is 29.3 Å². The molecule has 3 aromatic rings. The summed E-state index contributed by atoms with van der Waals surface area (Å²) < 4.78 is 4.12. The summed E-state index contributed by atoms with van der Waals surface area (Å²) in [6.07, 6.45) is 9.26. The average molecular weight is 353 g/mol. The molecule has 4 heterocycles. The summed E-state index contributed by atoms with van der Waals surface area (Å²) in [5.74, 6) is 3.09. The van der Waals surface area contributed by atoms with Crippen LogP contribution in [0.3, 0.4) is 0 Å². The van der Waals surface area contributed by atoms with E-state index in [0.717, 1.165) is 36.9 Å². The Morgan fingerprint density at radius 2 is 2.27 bits per heavy atom. The number of imidazole rings is 1. The molecule has 0 aromatic carbocycles. The van der Waals surface area contributed by atoms with Crippen molar-refractivity contribution >= 4 is 5.91 Å². The largest absolute Gasteiger partial charge is 0.367 e. The van der Waals surface area contributed by atoms with Crippen molar-refractivity contribution in [2.75, 3.05) is 13.1 Å². The van der Waals surface area contributed by atoms with Crippen molar-refractivity contribution < 1.29 is 4.79 Å². The van der Waals surface area contributed by atoms with Crippen LogP contribution in [0.15, 0.2) is 30.9 Å². The zero-order valence-electron chi connectivity index (χ0n) is 15.1. The third-order valence-corrected chi connectivity index (χ3v) is 5.15. The second-order valence-electron chi connectivity index (χ2n) is 6.83. The van der Waals surface area contributed by atoms with Gasteiger partial charge in [-0.1, -0.05) is 0 Å². The topological polar surface area (TPSA) is 84.6 Å². The maximum absolute atomic E-state index is 12.6. The number of aryl methyl sites for hydroxylation is 1. The summed E-state index contributed by atoms with van der Waals surface area (Å²) in [5.41, 5.74) is 0.708. The average Bonchev–Trinajstić information content (AvgIpc) is 3.39. The standard InChI is InChI=1S/C18H23N7O/c1-13-20-7-9-24(13)12-16-21-22-17(23(16)2)15-4-3-8-25(11-15)18(26)14-5-6-19-10-14/h5-7,9-10,15,19H,3-4,8,11-12H2,1-2H3. The second-order valence-corrected chi connectivity index (χ2v) is 6.83. The third kappa shape index (κ3) is 3.02. The Bertz CT molecular complexity index is 893. The van der Waals surface area contributed by atoms with Crippen LogP contribution in [-0.2, 0) is 13.6 Å². The first kappa shape index (κ1) is 16.6. The molecule has 1 aliphatic rings. The Morgan fingerprint density at radius 3 is 3.00 bits per heavy atom. The fourth-order valence-electron chi connectivity index (χ4n) is 3.60. The van der Waals surface area contributed by atoms with Crippen molar-refractivity contribution in [1.82, 2.24) is 34.2 Å². The van der Waals surface area contributed by atoms with Crippen LogP contribution in [0.25, 0.3) is 0 Å².